The first-order valence-corrected chi connectivity index (χ1v) is 4.31. The van der Waals surface area contributed by atoms with Gasteiger partial charge in [0.1, 0.15) is 6.61 Å². The van der Waals surface area contributed by atoms with Gasteiger partial charge in [0.2, 0.25) is 0 Å². The fraction of sp³-hybridized carbons (Fsp3) is 0.778. The summed E-state index contributed by atoms with van der Waals surface area (Å²) in [4.78, 5) is 0. The van der Waals surface area contributed by atoms with Gasteiger partial charge in [-0.05, 0) is 6.08 Å². The lowest BCUT2D eigenvalue weighted by Gasteiger charge is -2.28. The minimum atomic E-state index is 0.140. The monoisotopic (exact) mass is 171 g/mol. The van der Waals surface area contributed by atoms with E-state index in [0.29, 0.717) is 12.6 Å². The van der Waals surface area contributed by atoms with Crippen LogP contribution in [0, 0.1) is 0 Å². The van der Waals surface area contributed by atoms with Crippen LogP contribution in [-0.2, 0) is 9.47 Å². The molecule has 0 aromatic carbocycles. The highest BCUT2D eigenvalue weighted by molar-refractivity contribution is 4.97. The third-order valence-corrected chi connectivity index (χ3v) is 1.86. The van der Waals surface area contributed by atoms with Crippen LogP contribution in [0.4, 0.5) is 0 Å². The molecular weight excluding hydrogens is 154 g/mol. The molecule has 0 aromatic heterocycles. The number of nitrogens with one attached hydrogen (secondary N) is 1. The molecule has 1 aliphatic rings. The van der Waals surface area contributed by atoms with Crippen molar-refractivity contribution >= 4 is 0 Å². The van der Waals surface area contributed by atoms with E-state index in [0.717, 1.165) is 0 Å². The van der Waals surface area contributed by atoms with Gasteiger partial charge in [-0.2, -0.15) is 0 Å². The maximum absolute atomic E-state index is 5.28. The Balaban J connectivity index is 2.45. The van der Waals surface area contributed by atoms with Crippen molar-refractivity contribution in [1.82, 2.24) is 5.32 Å². The predicted octanol–water partition coefficient (Wildman–Crippen LogP) is 0.912. The van der Waals surface area contributed by atoms with E-state index in [9.17, 15) is 0 Å². The second kappa shape index (κ2) is 4.48. The standard InChI is InChI=1S/C9H17NO2/c1-7(2)10-8-6-12-5-4-9(8)11-3/h4-5,7-10H,6H2,1-3H3. The number of rotatable bonds is 3. The Morgan fingerprint density at radius 3 is 2.92 bits per heavy atom. The zero-order valence-corrected chi connectivity index (χ0v) is 7.91. The Kier molecular flexibility index (Phi) is 3.56. The van der Waals surface area contributed by atoms with Crippen LogP contribution in [0.1, 0.15) is 13.8 Å². The predicted molar refractivity (Wildman–Crippen MR) is 47.9 cm³/mol. The van der Waals surface area contributed by atoms with Crippen LogP contribution in [-0.4, -0.2) is 31.9 Å². The number of methoxy groups -OCH3 is 1. The van der Waals surface area contributed by atoms with Crippen molar-refractivity contribution in [3.8, 4) is 0 Å². The highest BCUT2D eigenvalue weighted by atomic mass is 16.5. The molecule has 70 valence electrons. The lowest BCUT2D eigenvalue weighted by Crippen LogP contribution is -2.47. The molecule has 0 spiro atoms. The quantitative estimate of drug-likeness (QED) is 0.684. The number of ether oxygens (including phenoxy) is 2. The van der Waals surface area contributed by atoms with Crippen LogP contribution in [0.5, 0.6) is 0 Å². The lowest BCUT2D eigenvalue weighted by molar-refractivity contribution is 0.0509. The second-order valence-corrected chi connectivity index (χ2v) is 3.29. The third-order valence-electron chi connectivity index (χ3n) is 1.86. The van der Waals surface area contributed by atoms with E-state index in [1.807, 2.05) is 6.08 Å². The molecule has 1 aliphatic heterocycles. The molecule has 1 heterocycles. The topological polar surface area (TPSA) is 30.5 Å². The molecule has 0 aromatic rings. The number of hydrogen-bond donors (Lipinski definition) is 1. The molecule has 0 amide bonds. The molecule has 3 nitrogen and oxygen atoms in total. The first-order valence-electron chi connectivity index (χ1n) is 4.31. The van der Waals surface area contributed by atoms with Crippen molar-refractivity contribution in [2.24, 2.45) is 0 Å². The molecule has 3 heteroatoms. The highest BCUT2D eigenvalue weighted by Gasteiger charge is 2.22. The van der Waals surface area contributed by atoms with Gasteiger partial charge in [0.05, 0.1) is 18.4 Å². The summed E-state index contributed by atoms with van der Waals surface area (Å²) in [5, 5.41) is 3.38. The molecule has 0 radical (unpaired) electrons. The zero-order valence-electron chi connectivity index (χ0n) is 7.91. The van der Waals surface area contributed by atoms with Crippen molar-refractivity contribution < 1.29 is 9.47 Å². The van der Waals surface area contributed by atoms with Crippen LogP contribution in [0.2, 0.25) is 0 Å². The molecule has 0 aliphatic carbocycles. The maximum atomic E-state index is 5.28. The van der Waals surface area contributed by atoms with Gasteiger partial charge in [-0.3, -0.25) is 0 Å². The van der Waals surface area contributed by atoms with Crippen LogP contribution >= 0.6 is 0 Å². The summed E-state index contributed by atoms with van der Waals surface area (Å²) in [6.45, 7) is 4.92. The maximum Gasteiger partial charge on any atom is 0.105 e. The van der Waals surface area contributed by atoms with E-state index in [2.05, 4.69) is 19.2 Å². The summed E-state index contributed by atoms with van der Waals surface area (Å²) in [7, 11) is 1.72. The first kappa shape index (κ1) is 9.55. The van der Waals surface area contributed by atoms with Gasteiger partial charge in [0, 0.05) is 13.2 Å². The molecule has 0 saturated heterocycles. The molecule has 12 heavy (non-hydrogen) atoms. The fourth-order valence-electron chi connectivity index (χ4n) is 1.34. The van der Waals surface area contributed by atoms with Crippen molar-refractivity contribution in [3.63, 3.8) is 0 Å². The van der Waals surface area contributed by atoms with Gasteiger partial charge in [-0.15, -0.1) is 0 Å². The van der Waals surface area contributed by atoms with Gasteiger partial charge in [-0.1, -0.05) is 13.8 Å². The molecule has 2 unspecified atom stereocenters. The van der Waals surface area contributed by atoms with Crippen LogP contribution in [0.3, 0.4) is 0 Å². The normalized spacial score (nSPS) is 29.0. The van der Waals surface area contributed by atoms with Crippen molar-refractivity contribution in [1.29, 1.82) is 0 Å². The molecule has 0 fully saturated rings. The lowest BCUT2D eigenvalue weighted by atomic mass is 10.1. The van der Waals surface area contributed by atoms with E-state index >= 15 is 0 Å². The van der Waals surface area contributed by atoms with Crippen molar-refractivity contribution in [2.75, 3.05) is 13.7 Å². The summed E-state index contributed by atoms with van der Waals surface area (Å²) >= 11 is 0. The van der Waals surface area contributed by atoms with Gasteiger partial charge in [0.25, 0.3) is 0 Å². The molecule has 0 bridgehead atoms. The molecule has 2 atom stereocenters. The van der Waals surface area contributed by atoms with Crippen LogP contribution in [0.25, 0.3) is 0 Å². The van der Waals surface area contributed by atoms with Crippen molar-refractivity contribution in [3.05, 3.63) is 12.3 Å². The zero-order chi connectivity index (χ0) is 8.97. The van der Waals surface area contributed by atoms with Crippen LogP contribution in [0.15, 0.2) is 12.3 Å². The van der Waals surface area contributed by atoms with E-state index in [1.165, 1.54) is 0 Å². The van der Waals surface area contributed by atoms with E-state index in [1.54, 1.807) is 13.4 Å². The fourth-order valence-corrected chi connectivity index (χ4v) is 1.34. The van der Waals surface area contributed by atoms with E-state index in [-0.39, 0.29) is 12.1 Å². The summed E-state index contributed by atoms with van der Waals surface area (Å²) in [5.74, 6) is 0. The second-order valence-electron chi connectivity index (χ2n) is 3.29. The van der Waals surface area contributed by atoms with Gasteiger partial charge < -0.3 is 14.8 Å². The Morgan fingerprint density at radius 1 is 1.58 bits per heavy atom. The number of hydrogen-bond acceptors (Lipinski definition) is 3. The Labute approximate surface area is 73.7 Å². The van der Waals surface area contributed by atoms with Gasteiger partial charge in [0.15, 0.2) is 0 Å². The smallest absolute Gasteiger partial charge is 0.105 e. The third kappa shape index (κ3) is 2.50. The molecule has 0 saturated carbocycles. The Bertz CT molecular complexity index is 157. The van der Waals surface area contributed by atoms with Gasteiger partial charge in [-0.25, -0.2) is 0 Å². The Morgan fingerprint density at radius 2 is 2.33 bits per heavy atom. The minimum Gasteiger partial charge on any atom is -0.500 e. The van der Waals surface area contributed by atoms with Gasteiger partial charge >= 0.3 is 0 Å². The average molecular weight is 171 g/mol. The average Bonchev–Trinajstić information content (AvgIpc) is 2.04. The SMILES string of the molecule is COC1C=COCC1NC(C)C. The molecule has 1 N–H and O–H groups in total. The molecular formula is C9H17NO2. The summed E-state index contributed by atoms with van der Waals surface area (Å²) in [6, 6.07) is 0.739. The minimum absolute atomic E-state index is 0.140. The van der Waals surface area contributed by atoms with E-state index < -0.39 is 0 Å². The Hall–Kier alpha value is -0.540. The summed E-state index contributed by atoms with van der Waals surface area (Å²) < 4.78 is 10.5. The largest absolute Gasteiger partial charge is 0.500 e. The van der Waals surface area contributed by atoms with Crippen molar-refractivity contribution in [2.45, 2.75) is 32.0 Å². The van der Waals surface area contributed by atoms with E-state index in [4.69, 9.17) is 9.47 Å². The summed E-state index contributed by atoms with van der Waals surface area (Å²) in [6.07, 6.45) is 3.78. The first-order chi connectivity index (χ1) is 5.74. The highest BCUT2D eigenvalue weighted by Crippen LogP contribution is 2.08. The summed E-state index contributed by atoms with van der Waals surface area (Å²) in [5.41, 5.74) is 0. The van der Waals surface area contributed by atoms with Crippen LogP contribution < -0.4 is 5.32 Å². The molecule has 1 rings (SSSR count).